The first-order chi connectivity index (χ1) is 12.4. The standard InChI is InChI=1S/C21H25NO3S/c1-14-7-5-6-8-17(14)20(23)22-18-13-24-21(2,3)25-19(18)15-9-11-16(26-4)12-10-15/h5-12,18-19H,13H2,1-4H3,(H,22,23)/t18-,19-/m0/s1. The lowest BCUT2D eigenvalue weighted by Gasteiger charge is -2.41. The van der Waals surface area contributed by atoms with Crippen LogP contribution in [0.1, 0.15) is 41.4 Å². The third kappa shape index (κ3) is 4.29. The molecule has 1 aliphatic rings. The monoisotopic (exact) mass is 371 g/mol. The molecule has 3 rings (SSSR count). The average Bonchev–Trinajstić information content (AvgIpc) is 2.63. The van der Waals surface area contributed by atoms with Crippen LogP contribution in [0.15, 0.2) is 53.4 Å². The molecule has 0 aliphatic carbocycles. The van der Waals surface area contributed by atoms with Crippen LogP contribution in [0, 0.1) is 6.92 Å². The molecule has 1 heterocycles. The Balaban J connectivity index is 1.83. The molecule has 2 aromatic rings. The Morgan fingerprint density at radius 3 is 2.50 bits per heavy atom. The number of benzene rings is 2. The Hall–Kier alpha value is -1.82. The van der Waals surface area contributed by atoms with E-state index < -0.39 is 5.79 Å². The number of hydrogen-bond donors (Lipinski definition) is 1. The molecule has 5 heteroatoms. The normalized spacial score (nSPS) is 22.0. The Bertz CT molecular complexity index is 773. The number of hydrogen-bond acceptors (Lipinski definition) is 4. The van der Waals surface area contributed by atoms with Gasteiger partial charge in [0.25, 0.3) is 5.91 Å². The van der Waals surface area contributed by atoms with Gasteiger partial charge in [-0.2, -0.15) is 0 Å². The lowest BCUT2D eigenvalue weighted by atomic mass is 9.99. The number of carbonyl (C=O) groups excluding carboxylic acids is 1. The SMILES string of the molecule is CSc1ccc([C@@H]2OC(C)(C)OC[C@@H]2NC(=O)c2ccccc2C)cc1. The number of nitrogens with one attached hydrogen (secondary N) is 1. The van der Waals surface area contributed by atoms with Gasteiger partial charge in [0, 0.05) is 10.5 Å². The summed E-state index contributed by atoms with van der Waals surface area (Å²) in [5.41, 5.74) is 2.66. The molecule has 138 valence electrons. The van der Waals surface area contributed by atoms with Gasteiger partial charge in [0.15, 0.2) is 5.79 Å². The van der Waals surface area contributed by atoms with E-state index in [1.807, 2.05) is 51.3 Å². The molecule has 0 bridgehead atoms. The third-order valence-corrected chi connectivity index (χ3v) is 5.28. The zero-order valence-corrected chi connectivity index (χ0v) is 16.4. The molecule has 26 heavy (non-hydrogen) atoms. The van der Waals surface area contributed by atoms with Gasteiger partial charge >= 0.3 is 0 Å². The van der Waals surface area contributed by atoms with Crippen molar-refractivity contribution >= 4 is 17.7 Å². The van der Waals surface area contributed by atoms with Crippen LogP contribution < -0.4 is 5.32 Å². The van der Waals surface area contributed by atoms with Crippen LogP contribution in [0.2, 0.25) is 0 Å². The Labute approximate surface area is 159 Å². The van der Waals surface area contributed by atoms with Crippen molar-refractivity contribution in [2.45, 2.75) is 43.6 Å². The summed E-state index contributed by atoms with van der Waals surface area (Å²) in [7, 11) is 0. The topological polar surface area (TPSA) is 47.6 Å². The van der Waals surface area contributed by atoms with E-state index in [1.54, 1.807) is 11.8 Å². The van der Waals surface area contributed by atoms with Crippen molar-refractivity contribution in [1.29, 1.82) is 0 Å². The maximum Gasteiger partial charge on any atom is 0.251 e. The largest absolute Gasteiger partial charge is 0.348 e. The van der Waals surface area contributed by atoms with Crippen molar-refractivity contribution in [3.05, 3.63) is 65.2 Å². The highest BCUT2D eigenvalue weighted by Crippen LogP contribution is 2.34. The van der Waals surface area contributed by atoms with Crippen LogP contribution in [0.5, 0.6) is 0 Å². The van der Waals surface area contributed by atoms with E-state index in [0.717, 1.165) is 11.1 Å². The average molecular weight is 372 g/mol. The summed E-state index contributed by atoms with van der Waals surface area (Å²) in [6.45, 7) is 6.13. The van der Waals surface area contributed by atoms with Gasteiger partial charge in [0.2, 0.25) is 0 Å². The molecule has 0 aromatic heterocycles. The van der Waals surface area contributed by atoms with E-state index in [2.05, 4.69) is 29.6 Å². The first-order valence-corrected chi connectivity index (χ1v) is 9.94. The number of thioether (sulfide) groups is 1. The lowest BCUT2D eigenvalue weighted by molar-refractivity contribution is -0.284. The molecule has 2 aromatic carbocycles. The molecule has 1 saturated heterocycles. The maximum atomic E-state index is 12.7. The fourth-order valence-corrected chi connectivity index (χ4v) is 3.49. The van der Waals surface area contributed by atoms with Crippen molar-refractivity contribution < 1.29 is 14.3 Å². The van der Waals surface area contributed by atoms with Gasteiger partial charge in [-0.1, -0.05) is 30.3 Å². The minimum absolute atomic E-state index is 0.106. The van der Waals surface area contributed by atoms with Crippen molar-refractivity contribution in [2.24, 2.45) is 0 Å². The van der Waals surface area contributed by atoms with Crippen LogP contribution >= 0.6 is 11.8 Å². The molecule has 0 saturated carbocycles. The molecular weight excluding hydrogens is 346 g/mol. The second-order valence-corrected chi connectivity index (χ2v) is 7.80. The third-order valence-electron chi connectivity index (χ3n) is 4.54. The van der Waals surface area contributed by atoms with Crippen molar-refractivity contribution in [1.82, 2.24) is 5.32 Å². The predicted octanol–water partition coefficient (Wildman–Crippen LogP) is 4.34. The quantitative estimate of drug-likeness (QED) is 0.812. The van der Waals surface area contributed by atoms with Gasteiger partial charge in [-0.3, -0.25) is 4.79 Å². The zero-order chi connectivity index (χ0) is 18.7. The second kappa shape index (κ2) is 7.82. The van der Waals surface area contributed by atoms with E-state index in [9.17, 15) is 4.79 Å². The summed E-state index contributed by atoms with van der Waals surface area (Å²) >= 11 is 1.70. The fourth-order valence-electron chi connectivity index (χ4n) is 3.08. The van der Waals surface area contributed by atoms with E-state index in [0.29, 0.717) is 12.2 Å². The van der Waals surface area contributed by atoms with E-state index >= 15 is 0 Å². The number of amides is 1. The summed E-state index contributed by atoms with van der Waals surface area (Å²) in [6.07, 6.45) is 1.79. The zero-order valence-electron chi connectivity index (χ0n) is 15.6. The highest BCUT2D eigenvalue weighted by Gasteiger charge is 2.38. The molecule has 0 radical (unpaired) electrons. The Kier molecular flexibility index (Phi) is 5.70. The summed E-state index contributed by atoms with van der Waals surface area (Å²) in [4.78, 5) is 13.9. The second-order valence-electron chi connectivity index (χ2n) is 6.92. The van der Waals surface area contributed by atoms with Crippen molar-refractivity contribution in [2.75, 3.05) is 12.9 Å². The van der Waals surface area contributed by atoms with Crippen molar-refractivity contribution in [3.8, 4) is 0 Å². The molecule has 1 N–H and O–H groups in total. The lowest BCUT2D eigenvalue weighted by Crippen LogP contribution is -2.52. The number of ether oxygens (including phenoxy) is 2. The van der Waals surface area contributed by atoms with Gasteiger partial charge in [0.1, 0.15) is 6.10 Å². The highest BCUT2D eigenvalue weighted by atomic mass is 32.2. The van der Waals surface area contributed by atoms with Gasteiger partial charge < -0.3 is 14.8 Å². The Morgan fingerprint density at radius 2 is 1.85 bits per heavy atom. The minimum Gasteiger partial charge on any atom is -0.348 e. The molecule has 4 nitrogen and oxygen atoms in total. The summed E-state index contributed by atoms with van der Waals surface area (Å²) in [5, 5.41) is 3.10. The van der Waals surface area contributed by atoms with Gasteiger partial charge in [-0.15, -0.1) is 11.8 Å². The summed E-state index contributed by atoms with van der Waals surface area (Å²) in [5.74, 6) is -0.794. The van der Waals surface area contributed by atoms with Crippen LogP contribution in [0.3, 0.4) is 0 Å². The van der Waals surface area contributed by atoms with Crippen LogP contribution in [-0.4, -0.2) is 30.6 Å². The van der Waals surface area contributed by atoms with Crippen LogP contribution in [-0.2, 0) is 9.47 Å². The fraction of sp³-hybridized carbons (Fsp3) is 0.381. The van der Waals surface area contributed by atoms with Crippen LogP contribution in [0.4, 0.5) is 0 Å². The smallest absolute Gasteiger partial charge is 0.251 e. The van der Waals surface area contributed by atoms with Crippen LogP contribution in [0.25, 0.3) is 0 Å². The van der Waals surface area contributed by atoms with E-state index in [-0.39, 0.29) is 18.1 Å². The molecule has 0 spiro atoms. The minimum atomic E-state index is -0.688. The van der Waals surface area contributed by atoms with Gasteiger partial charge in [0.05, 0.1) is 12.6 Å². The molecular formula is C21H25NO3S. The molecule has 1 aliphatic heterocycles. The number of aryl methyl sites for hydroxylation is 1. The van der Waals surface area contributed by atoms with Gasteiger partial charge in [-0.05, 0) is 56.4 Å². The molecule has 1 fully saturated rings. The summed E-state index contributed by atoms with van der Waals surface area (Å²) < 4.78 is 12.0. The number of carbonyl (C=O) groups is 1. The molecule has 0 unspecified atom stereocenters. The maximum absolute atomic E-state index is 12.7. The highest BCUT2D eigenvalue weighted by molar-refractivity contribution is 7.98. The van der Waals surface area contributed by atoms with E-state index in [4.69, 9.17) is 9.47 Å². The van der Waals surface area contributed by atoms with Gasteiger partial charge in [-0.25, -0.2) is 0 Å². The molecule has 1 amide bonds. The first kappa shape index (κ1) is 19.0. The predicted molar refractivity (Wildman–Crippen MR) is 105 cm³/mol. The molecule has 2 atom stereocenters. The van der Waals surface area contributed by atoms with Crippen molar-refractivity contribution in [3.63, 3.8) is 0 Å². The first-order valence-electron chi connectivity index (χ1n) is 8.72. The number of rotatable bonds is 4. The summed E-state index contributed by atoms with van der Waals surface area (Å²) in [6, 6.07) is 15.6. The Morgan fingerprint density at radius 1 is 1.15 bits per heavy atom. The van der Waals surface area contributed by atoms with E-state index in [1.165, 1.54) is 4.90 Å².